The second-order valence-corrected chi connectivity index (χ2v) is 7.84. The normalized spacial score (nSPS) is 24.5. The van der Waals surface area contributed by atoms with Crippen molar-refractivity contribution in [2.75, 3.05) is 20.2 Å². The Morgan fingerprint density at radius 2 is 1.96 bits per heavy atom. The first-order valence-corrected chi connectivity index (χ1v) is 10.0. The van der Waals surface area contributed by atoms with E-state index in [0.29, 0.717) is 11.5 Å². The van der Waals surface area contributed by atoms with E-state index in [1.54, 1.807) is 0 Å². The molecule has 1 N–H and O–H groups in total. The summed E-state index contributed by atoms with van der Waals surface area (Å²) in [5, 5.41) is 6.89. The fourth-order valence-electron chi connectivity index (χ4n) is 4.93. The molecule has 2 atom stereocenters. The van der Waals surface area contributed by atoms with Gasteiger partial charge in [0.15, 0.2) is 0 Å². The molecule has 1 saturated carbocycles. The van der Waals surface area contributed by atoms with Crippen LogP contribution in [-0.4, -0.2) is 47.8 Å². The first-order valence-electron chi connectivity index (χ1n) is 10.0. The lowest BCUT2D eigenvalue weighted by atomic mass is 9.76. The van der Waals surface area contributed by atoms with Gasteiger partial charge >= 0.3 is 0 Å². The Hall–Kier alpha value is -2.24. The zero-order chi connectivity index (χ0) is 19.8. The van der Waals surface area contributed by atoms with Crippen LogP contribution in [0.25, 0.3) is 11.1 Å². The quantitative estimate of drug-likeness (QED) is 0.802. The van der Waals surface area contributed by atoms with Gasteiger partial charge in [-0.2, -0.15) is 0 Å². The van der Waals surface area contributed by atoms with Crippen molar-refractivity contribution in [2.24, 2.45) is 5.41 Å². The minimum Gasteiger partial charge on any atom is -0.483 e. The van der Waals surface area contributed by atoms with Gasteiger partial charge in [-0.05, 0) is 55.0 Å². The molecule has 1 aromatic heterocycles. The molecule has 0 bridgehead atoms. The predicted molar refractivity (Wildman–Crippen MR) is 110 cm³/mol. The van der Waals surface area contributed by atoms with Gasteiger partial charge in [0.25, 0.3) is 6.47 Å². The molecule has 2 heterocycles. The Labute approximate surface area is 167 Å². The number of pyridine rings is 1. The van der Waals surface area contributed by atoms with Crippen molar-refractivity contribution in [3.05, 3.63) is 54.4 Å². The van der Waals surface area contributed by atoms with E-state index in [9.17, 15) is 0 Å². The lowest BCUT2D eigenvalue weighted by Crippen LogP contribution is -2.47. The summed E-state index contributed by atoms with van der Waals surface area (Å²) in [6, 6.07) is 13.1. The SMILES string of the molecule is CO[C@@H]1CCC[C@@]12CCCN(Cc1ccc(-c3cccnc3)cc1)C2.O=CO. The second-order valence-electron chi connectivity index (χ2n) is 7.84. The molecule has 1 saturated heterocycles. The summed E-state index contributed by atoms with van der Waals surface area (Å²) in [7, 11) is 1.90. The van der Waals surface area contributed by atoms with Crippen LogP contribution < -0.4 is 0 Å². The van der Waals surface area contributed by atoms with Crippen LogP contribution in [0, 0.1) is 5.41 Å². The van der Waals surface area contributed by atoms with Crippen molar-refractivity contribution in [3.63, 3.8) is 0 Å². The highest BCUT2D eigenvalue weighted by atomic mass is 16.5. The number of piperidine rings is 1. The van der Waals surface area contributed by atoms with E-state index in [1.165, 1.54) is 61.9 Å². The number of ether oxygens (including phenoxy) is 1. The largest absolute Gasteiger partial charge is 0.483 e. The first kappa shape index (κ1) is 20.5. The van der Waals surface area contributed by atoms with E-state index in [4.69, 9.17) is 14.6 Å². The number of nitrogens with zero attached hydrogens (tertiary/aromatic N) is 2. The third-order valence-electron chi connectivity index (χ3n) is 6.15. The van der Waals surface area contributed by atoms with Crippen LogP contribution >= 0.6 is 0 Å². The third-order valence-corrected chi connectivity index (χ3v) is 6.15. The highest BCUT2D eigenvalue weighted by Crippen LogP contribution is 2.46. The van der Waals surface area contributed by atoms with Gasteiger partial charge < -0.3 is 9.84 Å². The van der Waals surface area contributed by atoms with E-state index in [-0.39, 0.29) is 6.47 Å². The molecule has 4 rings (SSSR count). The van der Waals surface area contributed by atoms with Crippen molar-refractivity contribution in [1.29, 1.82) is 0 Å². The fourth-order valence-corrected chi connectivity index (χ4v) is 4.93. The third kappa shape index (κ3) is 4.78. The number of rotatable bonds is 4. The molecule has 2 aromatic rings. The zero-order valence-electron chi connectivity index (χ0n) is 16.6. The van der Waals surface area contributed by atoms with Crippen LogP contribution in [-0.2, 0) is 16.1 Å². The van der Waals surface area contributed by atoms with Crippen LogP contribution in [0.15, 0.2) is 48.8 Å². The summed E-state index contributed by atoms with van der Waals surface area (Å²) < 4.78 is 5.84. The summed E-state index contributed by atoms with van der Waals surface area (Å²) >= 11 is 0. The number of benzene rings is 1. The molecule has 1 spiro atoms. The number of methoxy groups -OCH3 is 1. The van der Waals surface area contributed by atoms with Crippen LogP contribution in [0.4, 0.5) is 0 Å². The number of carbonyl (C=O) groups is 1. The molecule has 1 aliphatic carbocycles. The Balaban J connectivity index is 0.000000706. The topological polar surface area (TPSA) is 62.7 Å². The van der Waals surface area contributed by atoms with Crippen molar-refractivity contribution in [1.82, 2.24) is 9.88 Å². The van der Waals surface area contributed by atoms with Gasteiger partial charge in [-0.15, -0.1) is 0 Å². The highest BCUT2D eigenvalue weighted by Gasteiger charge is 2.45. The van der Waals surface area contributed by atoms with Gasteiger partial charge in [0.05, 0.1) is 6.10 Å². The summed E-state index contributed by atoms with van der Waals surface area (Å²) in [6.45, 7) is 3.20. The van der Waals surface area contributed by atoms with Crippen molar-refractivity contribution in [3.8, 4) is 11.1 Å². The molecular formula is C23H30N2O3. The van der Waals surface area contributed by atoms with Gasteiger partial charge in [0.2, 0.25) is 0 Å². The summed E-state index contributed by atoms with van der Waals surface area (Å²) in [5.41, 5.74) is 4.22. The zero-order valence-corrected chi connectivity index (χ0v) is 16.6. The van der Waals surface area contributed by atoms with Gasteiger partial charge in [0, 0.05) is 38.0 Å². The average Bonchev–Trinajstić information content (AvgIpc) is 3.11. The maximum atomic E-state index is 8.36. The lowest BCUT2D eigenvalue weighted by molar-refractivity contribution is -0.122. The van der Waals surface area contributed by atoms with E-state index < -0.39 is 0 Å². The summed E-state index contributed by atoms with van der Waals surface area (Å²) in [6.07, 6.45) is 10.7. The predicted octanol–water partition coefficient (Wildman–Crippen LogP) is 4.23. The number of likely N-dealkylation sites (tertiary alicyclic amines) is 1. The Bertz CT molecular complexity index is 735. The Morgan fingerprint density at radius 3 is 2.64 bits per heavy atom. The molecule has 0 amide bonds. The minimum atomic E-state index is -0.250. The minimum absolute atomic E-state index is 0.250. The first-order chi connectivity index (χ1) is 13.7. The molecule has 2 fully saturated rings. The number of hydrogen-bond acceptors (Lipinski definition) is 4. The van der Waals surface area contributed by atoms with Gasteiger partial charge in [0.1, 0.15) is 0 Å². The molecule has 5 nitrogen and oxygen atoms in total. The average molecular weight is 383 g/mol. The summed E-state index contributed by atoms with van der Waals surface area (Å²) in [5.74, 6) is 0. The molecule has 5 heteroatoms. The molecule has 1 aliphatic heterocycles. The Morgan fingerprint density at radius 1 is 1.21 bits per heavy atom. The molecular weight excluding hydrogens is 352 g/mol. The fraction of sp³-hybridized carbons (Fsp3) is 0.478. The number of hydrogen-bond donors (Lipinski definition) is 1. The maximum Gasteiger partial charge on any atom is 0.290 e. The lowest BCUT2D eigenvalue weighted by Gasteiger charge is -2.43. The maximum absolute atomic E-state index is 8.36. The molecule has 1 aromatic carbocycles. The van der Waals surface area contributed by atoms with Crippen molar-refractivity contribution < 1.29 is 14.6 Å². The molecule has 28 heavy (non-hydrogen) atoms. The van der Waals surface area contributed by atoms with Crippen LogP contribution in [0.2, 0.25) is 0 Å². The standard InChI is InChI=1S/C22H28N2O.CH2O2/c1-25-21-6-2-11-22(21)12-4-14-24(17-22)16-18-7-9-19(10-8-18)20-5-3-13-23-15-20;2-1-3/h3,5,7-10,13,15,21H,2,4,6,11-12,14,16-17H2,1H3;1H,(H,2,3)/t21-,22+;/m1./s1. The van der Waals surface area contributed by atoms with Gasteiger partial charge in [-0.3, -0.25) is 14.7 Å². The van der Waals surface area contributed by atoms with Gasteiger partial charge in [-0.1, -0.05) is 36.8 Å². The van der Waals surface area contributed by atoms with Crippen molar-refractivity contribution >= 4 is 6.47 Å². The molecule has 150 valence electrons. The van der Waals surface area contributed by atoms with E-state index in [0.717, 1.165) is 6.54 Å². The molecule has 2 aliphatic rings. The monoisotopic (exact) mass is 382 g/mol. The van der Waals surface area contributed by atoms with E-state index in [2.05, 4.69) is 40.2 Å². The van der Waals surface area contributed by atoms with E-state index >= 15 is 0 Å². The smallest absolute Gasteiger partial charge is 0.290 e. The number of carboxylic acid groups (broad SMARTS) is 1. The summed E-state index contributed by atoms with van der Waals surface area (Å²) in [4.78, 5) is 15.2. The van der Waals surface area contributed by atoms with Gasteiger partial charge in [-0.25, -0.2) is 0 Å². The van der Waals surface area contributed by atoms with Crippen LogP contribution in [0.1, 0.15) is 37.7 Å². The molecule has 0 unspecified atom stereocenters. The number of aromatic nitrogens is 1. The van der Waals surface area contributed by atoms with Crippen LogP contribution in [0.3, 0.4) is 0 Å². The highest BCUT2D eigenvalue weighted by molar-refractivity contribution is 5.62. The Kier molecular flexibility index (Phi) is 7.18. The van der Waals surface area contributed by atoms with Crippen LogP contribution in [0.5, 0.6) is 0 Å². The molecule has 0 radical (unpaired) electrons. The van der Waals surface area contributed by atoms with Crippen molar-refractivity contribution in [2.45, 2.75) is 44.8 Å². The second kappa shape index (κ2) is 9.80. The van der Waals surface area contributed by atoms with E-state index in [1.807, 2.05) is 25.6 Å².